The van der Waals surface area contributed by atoms with E-state index < -0.39 is 17.4 Å². The number of carbonyl (C=O) groups excluding carboxylic acids is 1. The Kier molecular flexibility index (Phi) is 4.58. The largest absolute Gasteiger partial charge is 0.481 e. The lowest BCUT2D eigenvalue weighted by Gasteiger charge is -2.29. The third-order valence-electron chi connectivity index (χ3n) is 3.80. The molecule has 3 atom stereocenters. The van der Waals surface area contributed by atoms with Crippen LogP contribution in [0.15, 0.2) is 0 Å². The summed E-state index contributed by atoms with van der Waals surface area (Å²) in [7, 11) is 0. The van der Waals surface area contributed by atoms with Gasteiger partial charge in [0.1, 0.15) is 5.41 Å². The summed E-state index contributed by atoms with van der Waals surface area (Å²) in [5.74, 6) is -1.19. The van der Waals surface area contributed by atoms with Gasteiger partial charge < -0.3 is 20.9 Å². The number of hydrogen-bond donors (Lipinski definition) is 3. The fraction of sp³-hybridized carbons (Fsp3) is 0.846. The lowest BCUT2D eigenvalue weighted by atomic mass is 9.84. The first-order valence-corrected chi connectivity index (χ1v) is 6.43. The van der Waals surface area contributed by atoms with Gasteiger partial charge in [-0.25, -0.2) is 0 Å². The summed E-state index contributed by atoms with van der Waals surface area (Å²) < 4.78 is 5.18. The molecule has 0 bridgehead atoms. The van der Waals surface area contributed by atoms with E-state index >= 15 is 0 Å². The van der Waals surface area contributed by atoms with Gasteiger partial charge in [0.25, 0.3) is 0 Å². The Hall–Kier alpha value is -1.14. The van der Waals surface area contributed by atoms with Gasteiger partial charge in [-0.2, -0.15) is 0 Å². The number of rotatable bonds is 4. The molecule has 4 N–H and O–H groups in total. The van der Waals surface area contributed by atoms with Crippen LogP contribution in [0.1, 0.15) is 34.1 Å². The van der Waals surface area contributed by atoms with Crippen LogP contribution in [-0.2, 0) is 14.3 Å². The smallest absolute Gasteiger partial charge is 0.313 e. The highest BCUT2D eigenvalue weighted by molar-refractivity contribution is 5.80. The molecule has 1 aliphatic rings. The minimum absolute atomic E-state index is 0.110. The minimum Gasteiger partial charge on any atom is -0.481 e. The van der Waals surface area contributed by atoms with Crippen LogP contribution in [0.25, 0.3) is 0 Å². The van der Waals surface area contributed by atoms with E-state index in [9.17, 15) is 14.7 Å². The van der Waals surface area contributed by atoms with Crippen molar-refractivity contribution in [1.29, 1.82) is 0 Å². The van der Waals surface area contributed by atoms with Crippen LogP contribution in [0, 0.1) is 10.8 Å². The number of nitrogens with two attached hydrogens (primary N) is 1. The Morgan fingerprint density at radius 3 is 2.58 bits per heavy atom. The topological polar surface area (TPSA) is 102 Å². The van der Waals surface area contributed by atoms with Crippen molar-refractivity contribution >= 4 is 11.9 Å². The van der Waals surface area contributed by atoms with Crippen molar-refractivity contribution in [2.75, 3.05) is 13.2 Å². The molecule has 0 aliphatic carbocycles. The second kappa shape index (κ2) is 5.46. The molecule has 110 valence electrons. The predicted octanol–water partition coefficient (Wildman–Crippen LogP) is 0.356. The number of carboxylic acid groups (broad SMARTS) is 1. The molecule has 0 spiro atoms. The van der Waals surface area contributed by atoms with Crippen LogP contribution in [0.3, 0.4) is 0 Å². The van der Waals surface area contributed by atoms with E-state index in [0.29, 0.717) is 0 Å². The third kappa shape index (κ3) is 3.67. The van der Waals surface area contributed by atoms with E-state index in [4.69, 9.17) is 10.5 Å². The van der Waals surface area contributed by atoms with E-state index in [1.807, 2.05) is 20.8 Å². The molecule has 6 heteroatoms. The van der Waals surface area contributed by atoms with Crippen molar-refractivity contribution in [2.24, 2.45) is 16.6 Å². The molecule has 19 heavy (non-hydrogen) atoms. The Morgan fingerprint density at radius 1 is 1.53 bits per heavy atom. The van der Waals surface area contributed by atoms with Crippen molar-refractivity contribution in [3.63, 3.8) is 0 Å². The summed E-state index contributed by atoms with van der Waals surface area (Å²) >= 11 is 0. The summed E-state index contributed by atoms with van der Waals surface area (Å²) in [5, 5.41) is 11.9. The van der Waals surface area contributed by atoms with Gasteiger partial charge in [0, 0.05) is 12.5 Å². The first-order chi connectivity index (χ1) is 8.57. The summed E-state index contributed by atoms with van der Waals surface area (Å²) in [4.78, 5) is 23.2. The Balaban J connectivity index is 2.60. The van der Waals surface area contributed by atoms with E-state index in [1.54, 1.807) is 6.92 Å². The van der Waals surface area contributed by atoms with Crippen LogP contribution in [0.4, 0.5) is 0 Å². The molecule has 0 aromatic heterocycles. The second-order valence-corrected chi connectivity index (χ2v) is 6.53. The molecule has 1 amide bonds. The summed E-state index contributed by atoms with van der Waals surface area (Å²) in [6.07, 6.45) is 0.176. The lowest BCUT2D eigenvalue weighted by molar-refractivity contribution is -0.149. The number of nitrogens with one attached hydrogen (secondary N) is 1. The Morgan fingerprint density at radius 2 is 2.11 bits per heavy atom. The first-order valence-electron chi connectivity index (χ1n) is 6.43. The zero-order chi connectivity index (χ0) is 14.8. The van der Waals surface area contributed by atoms with Crippen molar-refractivity contribution in [3.8, 4) is 0 Å². The van der Waals surface area contributed by atoms with Gasteiger partial charge in [-0.1, -0.05) is 20.8 Å². The maximum Gasteiger partial charge on any atom is 0.313 e. The van der Waals surface area contributed by atoms with Crippen molar-refractivity contribution in [1.82, 2.24) is 5.32 Å². The van der Waals surface area contributed by atoms with Crippen LogP contribution in [0.5, 0.6) is 0 Å². The van der Waals surface area contributed by atoms with Crippen molar-refractivity contribution < 1.29 is 19.4 Å². The zero-order valence-corrected chi connectivity index (χ0v) is 12.0. The van der Waals surface area contributed by atoms with Crippen molar-refractivity contribution in [2.45, 2.75) is 46.2 Å². The fourth-order valence-electron chi connectivity index (χ4n) is 1.84. The molecular formula is C13H24N2O4. The van der Waals surface area contributed by atoms with E-state index in [2.05, 4.69) is 5.32 Å². The molecule has 0 aromatic rings. The quantitative estimate of drug-likeness (QED) is 0.685. The zero-order valence-electron chi connectivity index (χ0n) is 12.0. The third-order valence-corrected chi connectivity index (χ3v) is 3.80. The maximum atomic E-state index is 11.9. The molecule has 1 fully saturated rings. The van der Waals surface area contributed by atoms with Gasteiger partial charge in [-0.15, -0.1) is 0 Å². The predicted molar refractivity (Wildman–Crippen MR) is 70.5 cm³/mol. The number of aliphatic carboxylic acids is 1. The highest BCUT2D eigenvalue weighted by Gasteiger charge is 2.47. The lowest BCUT2D eigenvalue weighted by Crippen LogP contribution is -2.51. The van der Waals surface area contributed by atoms with Gasteiger partial charge in [-0.3, -0.25) is 9.59 Å². The number of hydrogen-bond acceptors (Lipinski definition) is 4. The maximum absolute atomic E-state index is 11.9. The molecule has 1 rings (SSSR count). The average Bonchev–Trinajstić information content (AvgIpc) is 2.60. The molecule has 1 saturated heterocycles. The molecular weight excluding hydrogens is 248 g/mol. The number of carbonyl (C=O) groups is 2. The first kappa shape index (κ1) is 15.9. The van der Waals surface area contributed by atoms with E-state index in [-0.39, 0.29) is 37.0 Å². The molecule has 3 unspecified atom stereocenters. The van der Waals surface area contributed by atoms with Crippen LogP contribution >= 0.6 is 0 Å². The van der Waals surface area contributed by atoms with Crippen molar-refractivity contribution in [3.05, 3.63) is 0 Å². The van der Waals surface area contributed by atoms with Gasteiger partial charge in [0.2, 0.25) is 5.91 Å². The molecule has 6 nitrogen and oxygen atoms in total. The Labute approximate surface area is 113 Å². The standard InChI is InChI=1S/C13H24N2O4/c1-12(2,3)8(14)5-10(16)15-9-6-19-7-13(9,4)11(17)18/h8-9H,5-7,14H2,1-4H3,(H,15,16)(H,17,18). The molecule has 0 radical (unpaired) electrons. The van der Waals surface area contributed by atoms with E-state index in [0.717, 1.165) is 0 Å². The fourth-order valence-corrected chi connectivity index (χ4v) is 1.84. The average molecular weight is 272 g/mol. The van der Waals surface area contributed by atoms with Crippen LogP contribution in [-0.4, -0.2) is 42.3 Å². The molecule has 0 aromatic carbocycles. The number of ether oxygens (including phenoxy) is 1. The van der Waals surface area contributed by atoms with Gasteiger partial charge in [-0.05, 0) is 12.3 Å². The molecule has 1 heterocycles. The number of amides is 1. The second-order valence-electron chi connectivity index (χ2n) is 6.53. The minimum atomic E-state index is -1.07. The molecule has 1 aliphatic heterocycles. The van der Waals surface area contributed by atoms with Crippen LogP contribution < -0.4 is 11.1 Å². The SMILES string of the molecule is CC(C)(C)C(N)CC(=O)NC1COCC1(C)C(=O)O. The highest BCUT2D eigenvalue weighted by Crippen LogP contribution is 2.29. The summed E-state index contributed by atoms with van der Waals surface area (Å²) in [5.41, 5.74) is 4.71. The van der Waals surface area contributed by atoms with Gasteiger partial charge in [0.15, 0.2) is 0 Å². The number of carboxylic acids is 1. The van der Waals surface area contributed by atoms with Gasteiger partial charge in [0.05, 0.1) is 19.3 Å². The monoisotopic (exact) mass is 272 g/mol. The van der Waals surface area contributed by atoms with Gasteiger partial charge >= 0.3 is 5.97 Å². The summed E-state index contributed by atoms with van der Waals surface area (Å²) in [6, 6.07) is -0.782. The highest BCUT2D eigenvalue weighted by atomic mass is 16.5. The molecule has 0 saturated carbocycles. The van der Waals surface area contributed by atoms with E-state index in [1.165, 1.54) is 0 Å². The Bertz CT molecular complexity index is 364. The summed E-state index contributed by atoms with van der Waals surface area (Å²) in [6.45, 7) is 7.80. The van der Waals surface area contributed by atoms with Crippen LogP contribution in [0.2, 0.25) is 0 Å². The normalized spacial score (nSPS) is 29.0.